The molecule has 0 unspecified atom stereocenters. The number of halogens is 4. The van der Waals surface area contributed by atoms with Crippen molar-refractivity contribution in [3.63, 3.8) is 0 Å². The fraction of sp³-hybridized carbons (Fsp3) is 0.0769. The third-order valence-corrected chi connectivity index (χ3v) is 3.56. The van der Waals surface area contributed by atoms with E-state index in [0.29, 0.717) is 11.3 Å². The highest BCUT2D eigenvalue weighted by molar-refractivity contribution is 6.35. The zero-order valence-electron chi connectivity index (χ0n) is 10.4. The standard InChI is InChI=1S/C13H8Cl3FN2O2/c14-9-2-1-7(3-12(9)19(20)21)6-18-8-4-10(15)13(17)11(16)5-8/h1-5,18H,6H2. The number of hydrogen-bond donors (Lipinski definition) is 1. The number of rotatable bonds is 4. The first-order valence-electron chi connectivity index (χ1n) is 5.69. The van der Waals surface area contributed by atoms with Gasteiger partial charge in [-0.2, -0.15) is 0 Å². The van der Waals surface area contributed by atoms with Crippen LogP contribution in [0.5, 0.6) is 0 Å². The fourth-order valence-electron chi connectivity index (χ4n) is 1.67. The second-order valence-corrected chi connectivity index (χ2v) is 5.37. The normalized spacial score (nSPS) is 10.5. The van der Waals surface area contributed by atoms with Crippen molar-refractivity contribution >= 4 is 46.2 Å². The van der Waals surface area contributed by atoms with E-state index < -0.39 is 10.7 Å². The van der Waals surface area contributed by atoms with E-state index in [1.54, 1.807) is 6.07 Å². The van der Waals surface area contributed by atoms with Crippen molar-refractivity contribution in [2.75, 3.05) is 5.32 Å². The summed E-state index contributed by atoms with van der Waals surface area (Å²) in [6.07, 6.45) is 0. The Morgan fingerprint density at radius 2 is 1.71 bits per heavy atom. The molecule has 0 aliphatic carbocycles. The van der Waals surface area contributed by atoms with Gasteiger partial charge in [0.15, 0.2) is 5.82 Å². The van der Waals surface area contributed by atoms with Gasteiger partial charge in [-0.3, -0.25) is 10.1 Å². The molecule has 0 spiro atoms. The molecule has 1 N–H and O–H groups in total. The second-order valence-electron chi connectivity index (χ2n) is 4.15. The van der Waals surface area contributed by atoms with E-state index in [2.05, 4.69) is 5.32 Å². The first-order valence-corrected chi connectivity index (χ1v) is 6.83. The number of nitro groups is 1. The summed E-state index contributed by atoms with van der Waals surface area (Å²) in [5.74, 6) is -0.689. The Labute approximate surface area is 134 Å². The quantitative estimate of drug-likeness (QED) is 0.462. The lowest BCUT2D eigenvalue weighted by Crippen LogP contribution is -2.01. The third kappa shape index (κ3) is 3.75. The van der Waals surface area contributed by atoms with Gasteiger partial charge in [0.1, 0.15) is 5.02 Å². The molecule has 0 heterocycles. The molecule has 0 aliphatic rings. The first-order chi connectivity index (χ1) is 9.88. The lowest BCUT2D eigenvalue weighted by Gasteiger charge is -2.08. The molecule has 2 aromatic carbocycles. The highest BCUT2D eigenvalue weighted by atomic mass is 35.5. The SMILES string of the molecule is O=[N+]([O-])c1cc(CNc2cc(Cl)c(F)c(Cl)c2)ccc1Cl. The van der Waals surface area contributed by atoms with Gasteiger partial charge in [-0.05, 0) is 23.8 Å². The number of hydrogen-bond acceptors (Lipinski definition) is 3. The predicted octanol–water partition coefficient (Wildman–Crippen LogP) is 5.31. The molecule has 0 saturated carbocycles. The van der Waals surface area contributed by atoms with Crippen LogP contribution in [0, 0.1) is 15.9 Å². The minimum atomic E-state index is -0.689. The number of nitrogens with one attached hydrogen (secondary N) is 1. The van der Waals surface area contributed by atoms with E-state index in [1.165, 1.54) is 24.3 Å². The average molecular weight is 350 g/mol. The molecule has 0 aliphatic heterocycles. The van der Waals surface area contributed by atoms with E-state index in [-0.39, 0.29) is 27.3 Å². The van der Waals surface area contributed by atoms with Crippen LogP contribution in [-0.4, -0.2) is 4.92 Å². The van der Waals surface area contributed by atoms with Crippen LogP contribution < -0.4 is 5.32 Å². The average Bonchev–Trinajstić information content (AvgIpc) is 2.43. The Hall–Kier alpha value is -1.56. The summed E-state index contributed by atoms with van der Waals surface area (Å²) < 4.78 is 13.3. The number of nitrogens with zero attached hydrogens (tertiary/aromatic N) is 1. The fourth-order valence-corrected chi connectivity index (χ4v) is 2.34. The molecule has 4 nitrogen and oxygen atoms in total. The Morgan fingerprint density at radius 1 is 1.10 bits per heavy atom. The van der Waals surface area contributed by atoms with Crippen molar-refractivity contribution < 1.29 is 9.31 Å². The maximum Gasteiger partial charge on any atom is 0.288 e. The minimum Gasteiger partial charge on any atom is -0.381 e. The molecular formula is C13H8Cl3FN2O2. The number of nitro benzene ring substituents is 1. The van der Waals surface area contributed by atoms with Gasteiger partial charge in [0, 0.05) is 18.3 Å². The van der Waals surface area contributed by atoms with E-state index in [1.807, 2.05) is 0 Å². The maximum atomic E-state index is 13.3. The van der Waals surface area contributed by atoms with Crippen LogP contribution in [0.25, 0.3) is 0 Å². The van der Waals surface area contributed by atoms with E-state index >= 15 is 0 Å². The van der Waals surface area contributed by atoms with Crippen molar-refractivity contribution in [3.05, 3.63) is 66.9 Å². The van der Waals surface area contributed by atoms with Gasteiger partial charge in [0.2, 0.25) is 0 Å². The van der Waals surface area contributed by atoms with Gasteiger partial charge in [0.25, 0.3) is 5.69 Å². The monoisotopic (exact) mass is 348 g/mol. The topological polar surface area (TPSA) is 55.2 Å². The van der Waals surface area contributed by atoms with Gasteiger partial charge in [-0.25, -0.2) is 4.39 Å². The molecule has 0 aromatic heterocycles. The van der Waals surface area contributed by atoms with Crippen molar-refractivity contribution in [1.29, 1.82) is 0 Å². The second kappa shape index (κ2) is 6.47. The molecule has 0 fully saturated rings. The van der Waals surface area contributed by atoms with Gasteiger partial charge in [-0.15, -0.1) is 0 Å². The van der Waals surface area contributed by atoms with Crippen molar-refractivity contribution in [2.24, 2.45) is 0 Å². The number of benzene rings is 2. The zero-order chi connectivity index (χ0) is 15.6. The molecule has 0 atom stereocenters. The van der Waals surface area contributed by atoms with Gasteiger partial charge < -0.3 is 5.32 Å². The molecule has 8 heteroatoms. The third-order valence-electron chi connectivity index (χ3n) is 2.69. The van der Waals surface area contributed by atoms with Crippen molar-refractivity contribution in [2.45, 2.75) is 6.54 Å². The van der Waals surface area contributed by atoms with Gasteiger partial charge in [0.05, 0.1) is 15.0 Å². The van der Waals surface area contributed by atoms with Crippen LogP contribution in [0.15, 0.2) is 30.3 Å². The summed E-state index contributed by atoms with van der Waals surface area (Å²) in [4.78, 5) is 10.2. The Balaban J connectivity index is 2.17. The van der Waals surface area contributed by atoms with Crippen LogP contribution >= 0.6 is 34.8 Å². The highest BCUT2D eigenvalue weighted by Crippen LogP contribution is 2.28. The molecule has 2 rings (SSSR count). The highest BCUT2D eigenvalue weighted by Gasteiger charge is 2.13. The van der Waals surface area contributed by atoms with Crippen LogP contribution in [-0.2, 0) is 6.54 Å². The lowest BCUT2D eigenvalue weighted by atomic mass is 10.2. The van der Waals surface area contributed by atoms with Gasteiger partial charge in [-0.1, -0.05) is 40.9 Å². The minimum absolute atomic E-state index is 0.0663. The zero-order valence-corrected chi connectivity index (χ0v) is 12.6. The summed E-state index contributed by atoms with van der Waals surface area (Å²) >= 11 is 17.1. The van der Waals surface area contributed by atoms with Crippen LogP contribution in [0.3, 0.4) is 0 Å². The Kier molecular flexibility index (Phi) is 4.88. The largest absolute Gasteiger partial charge is 0.381 e. The first kappa shape index (κ1) is 15.8. The van der Waals surface area contributed by atoms with Crippen LogP contribution in [0.2, 0.25) is 15.1 Å². The predicted molar refractivity (Wildman–Crippen MR) is 81.9 cm³/mol. The maximum absolute atomic E-state index is 13.3. The summed E-state index contributed by atoms with van der Waals surface area (Å²) in [7, 11) is 0. The van der Waals surface area contributed by atoms with Gasteiger partial charge >= 0.3 is 0 Å². The van der Waals surface area contributed by atoms with Crippen LogP contribution in [0.1, 0.15) is 5.56 Å². The molecule has 110 valence electrons. The molecule has 0 radical (unpaired) electrons. The lowest BCUT2D eigenvalue weighted by molar-refractivity contribution is -0.384. The van der Waals surface area contributed by atoms with E-state index in [0.717, 1.165) is 0 Å². The summed E-state index contributed by atoms with van der Waals surface area (Å²) in [6.45, 7) is 0.274. The molecule has 0 amide bonds. The Bertz CT molecular complexity index is 687. The number of anilines is 1. The molecule has 0 bridgehead atoms. The smallest absolute Gasteiger partial charge is 0.288 e. The van der Waals surface area contributed by atoms with Crippen LogP contribution in [0.4, 0.5) is 15.8 Å². The van der Waals surface area contributed by atoms with Crippen molar-refractivity contribution in [1.82, 2.24) is 0 Å². The van der Waals surface area contributed by atoms with E-state index in [9.17, 15) is 14.5 Å². The summed E-state index contributed by atoms with van der Waals surface area (Å²) in [5, 5.41) is 13.6. The Morgan fingerprint density at radius 3 is 2.29 bits per heavy atom. The molecule has 21 heavy (non-hydrogen) atoms. The van der Waals surface area contributed by atoms with Crippen molar-refractivity contribution in [3.8, 4) is 0 Å². The molecule has 0 saturated heterocycles. The molecular weight excluding hydrogens is 342 g/mol. The summed E-state index contributed by atoms with van der Waals surface area (Å²) in [5.41, 5.74) is 0.970. The summed E-state index contributed by atoms with van der Waals surface area (Å²) in [6, 6.07) is 7.22. The molecule has 2 aromatic rings. The van der Waals surface area contributed by atoms with E-state index in [4.69, 9.17) is 34.8 Å².